The van der Waals surface area contributed by atoms with Gasteiger partial charge in [0.1, 0.15) is 10.6 Å². The second kappa shape index (κ2) is 11.3. The standard InChI is InChI=1S/C27H30N2O5S/c1-28(20-12-13-21(32-2)22(16-20)33-3)27(31)26-23(17-24(35-26)19-10-6-4-7-11-19)34-18-25(30)29-14-8-5-9-15-29/h4,6-7,10-13,16-17H,5,8-9,14-15,18H2,1-3H3. The third-order valence-electron chi connectivity index (χ3n) is 6.07. The number of hydrogen-bond donors (Lipinski definition) is 0. The van der Waals surface area contributed by atoms with Crippen molar-refractivity contribution in [2.24, 2.45) is 0 Å². The molecule has 3 aromatic rings. The predicted molar refractivity (Wildman–Crippen MR) is 138 cm³/mol. The molecule has 0 atom stereocenters. The average molecular weight is 495 g/mol. The topological polar surface area (TPSA) is 68.3 Å². The van der Waals surface area contributed by atoms with Gasteiger partial charge in [0.15, 0.2) is 18.1 Å². The van der Waals surface area contributed by atoms with Gasteiger partial charge in [-0.05, 0) is 43.0 Å². The molecule has 7 nitrogen and oxygen atoms in total. The Morgan fingerprint density at radius 2 is 1.63 bits per heavy atom. The van der Waals surface area contributed by atoms with E-state index in [4.69, 9.17) is 14.2 Å². The second-order valence-electron chi connectivity index (χ2n) is 8.30. The van der Waals surface area contributed by atoms with Crippen LogP contribution in [-0.2, 0) is 4.79 Å². The molecule has 0 unspecified atom stereocenters. The van der Waals surface area contributed by atoms with Crippen LogP contribution >= 0.6 is 11.3 Å². The van der Waals surface area contributed by atoms with Crippen molar-refractivity contribution in [2.45, 2.75) is 19.3 Å². The van der Waals surface area contributed by atoms with Crippen LogP contribution in [0.15, 0.2) is 54.6 Å². The molecular formula is C27H30N2O5S. The first kappa shape index (κ1) is 24.6. The Hall–Kier alpha value is -3.52. The van der Waals surface area contributed by atoms with E-state index in [0.29, 0.717) is 27.8 Å². The van der Waals surface area contributed by atoms with Crippen LogP contribution in [0.3, 0.4) is 0 Å². The fourth-order valence-corrected chi connectivity index (χ4v) is 5.13. The van der Waals surface area contributed by atoms with Crippen molar-refractivity contribution in [3.05, 3.63) is 59.5 Å². The van der Waals surface area contributed by atoms with E-state index in [1.54, 1.807) is 44.4 Å². The number of benzene rings is 2. The molecule has 2 aromatic carbocycles. The Morgan fingerprint density at radius 3 is 2.31 bits per heavy atom. The Kier molecular flexibility index (Phi) is 7.92. The first-order valence-electron chi connectivity index (χ1n) is 11.6. The number of carbonyl (C=O) groups excluding carboxylic acids is 2. The molecule has 1 saturated heterocycles. The van der Waals surface area contributed by atoms with Crippen molar-refractivity contribution in [1.29, 1.82) is 0 Å². The zero-order valence-electron chi connectivity index (χ0n) is 20.3. The summed E-state index contributed by atoms with van der Waals surface area (Å²) in [4.78, 5) is 31.0. The molecule has 2 amide bonds. The zero-order valence-corrected chi connectivity index (χ0v) is 21.1. The van der Waals surface area contributed by atoms with Crippen LogP contribution in [0.2, 0.25) is 0 Å². The molecular weight excluding hydrogens is 464 g/mol. The second-order valence-corrected chi connectivity index (χ2v) is 9.36. The molecule has 1 aliphatic rings. The zero-order chi connectivity index (χ0) is 24.8. The van der Waals surface area contributed by atoms with E-state index in [-0.39, 0.29) is 18.4 Å². The minimum atomic E-state index is -0.232. The summed E-state index contributed by atoms with van der Waals surface area (Å²) in [6.07, 6.45) is 3.18. The largest absolute Gasteiger partial charge is 0.493 e. The number of carbonyl (C=O) groups is 2. The molecule has 1 aromatic heterocycles. The molecule has 4 rings (SSSR count). The molecule has 8 heteroatoms. The van der Waals surface area contributed by atoms with Crippen molar-refractivity contribution >= 4 is 28.8 Å². The van der Waals surface area contributed by atoms with Gasteiger partial charge in [0, 0.05) is 36.8 Å². The molecule has 35 heavy (non-hydrogen) atoms. The van der Waals surface area contributed by atoms with Gasteiger partial charge in [-0.1, -0.05) is 30.3 Å². The van der Waals surface area contributed by atoms with Gasteiger partial charge < -0.3 is 24.0 Å². The Bertz CT molecular complexity index is 1170. The monoisotopic (exact) mass is 494 g/mol. The lowest BCUT2D eigenvalue weighted by molar-refractivity contribution is -0.134. The summed E-state index contributed by atoms with van der Waals surface area (Å²) in [5.74, 6) is 1.24. The molecule has 0 saturated carbocycles. The summed E-state index contributed by atoms with van der Waals surface area (Å²) in [5, 5.41) is 0. The van der Waals surface area contributed by atoms with Gasteiger partial charge in [-0.25, -0.2) is 0 Å². The van der Waals surface area contributed by atoms with Crippen molar-refractivity contribution in [2.75, 3.05) is 45.9 Å². The maximum atomic E-state index is 13.6. The van der Waals surface area contributed by atoms with Crippen LogP contribution in [0.5, 0.6) is 17.2 Å². The first-order valence-corrected chi connectivity index (χ1v) is 12.4. The Morgan fingerprint density at radius 1 is 0.914 bits per heavy atom. The maximum Gasteiger partial charge on any atom is 0.271 e. The highest BCUT2D eigenvalue weighted by molar-refractivity contribution is 7.17. The van der Waals surface area contributed by atoms with E-state index in [9.17, 15) is 9.59 Å². The Balaban J connectivity index is 1.61. The third kappa shape index (κ3) is 5.59. The molecule has 0 bridgehead atoms. The molecule has 184 valence electrons. The lowest BCUT2D eigenvalue weighted by Crippen LogP contribution is -2.38. The van der Waals surface area contributed by atoms with Crippen LogP contribution < -0.4 is 19.1 Å². The molecule has 0 N–H and O–H groups in total. The summed E-state index contributed by atoms with van der Waals surface area (Å²) >= 11 is 1.35. The van der Waals surface area contributed by atoms with Gasteiger partial charge >= 0.3 is 0 Å². The SMILES string of the molecule is COc1ccc(N(C)C(=O)c2sc(-c3ccccc3)cc2OCC(=O)N2CCCCC2)cc1OC. The molecule has 1 fully saturated rings. The van der Waals surface area contributed by atoms with Crippen molar-refractivity contribution < 1.29 is 23.8 Å². The highest BCUT2D eigenvalue weighted by Crippen LogP contribution is 2.38. The van der Waals surface area contributed by atoms with Crippen LogP contribution in [0.4, 0.5) is 5.69 Å². The van der Waals surface area contributed by atoms with E-state index in [1.165, 1.54) is 11.3 Å². The van der Waals surface area contributed by atoms with E-state index in [2.05, 4.69) is 0 Å². The van der Waals surface area contributed by atoms with Gasteiger partial charge in [-0.15, -0.1) is 11.3 Å². The van der Waals surface area contributed by atoms with E-state index < -0.39 is 0 Å². The quantitative estimate of drug-likeness (QED) is 0.436. The van der Waals surface area contributed by atoms with Crippen molar-refractivity contribution in [1.82, 2.24) is 4.90 Å². The fraction of sp³-hybridized carbons (Fsp3) is 0.333. The van der Waals surface area contributed by atoms with Crippen LogP contribution in [0.1, 0.15) is 28.9 Å². The minimum Gasteiger partial charge on any atom is -0.493 e. The molecule has 0 spiro atoms. The number of rotatable bonds is 8. The number of methoxy groups -OCH3 is 2. The Labute approximate surface area is 209 Å². The van der Waals surface area contributed by atoms with E-state index in [0.717, 1.165) is 42.8 Å². The molecule has 0 aliphatic carbocycles. The van der Waals surface area contributed by atoms with Gasteiger partial charge in [0.2, 0.25) is 0 Å². The number of hydrogen-bond acceptors (Lipinski definition) is 6. The molecule has 0 radical (unpaired) electrons. The maximum absolute atomic E-state index is 13.6. The van der Waals surface area contributed by atoms with Gasteiger partial charge in [-0.3, -0.25) is 9.59 Å². The number of thiophene rings is 1. The highest BCUT2D eigenvalue weighted by Gasteiger charge is 2.25. The fourth-order valence-electron chi connectivity index (χ4n) is 4.05. The van der Waals surface area contributed by atoms with E-state index in [1.807, 2.05) is 41.3 Å². The lowest BCUT2D eigenvalue weighted by atomic mass is 10.1. The minimum absolute atomic E-state index is 0.0520. The number of ether oxygens (including phenoxy) is 3. The summed E-state index contributed by atoms with van der Waals surface area (Å²) in [7, 11) is 4.83. The predicted octanol–water partition coefficient (Wildman–Crippen LogP) is 5.10. The van der Waals surface area contributed by atoms with Gasteiger partial charge in [0.25, 0.3) is 11.8 Å². The summed E-state index contributed by atoms with van der Waals surface area (Å²) in [6.45, 7) is 1.43. The average Bonchev–Trinajstić information content (AvgIpc) is 3.35. The molecule has 2 heterocycles. The third-order valence-corrected chi connectivity index (χ3v) is 7.22. The number of nitrogens with zero attached hydrogens (tertiary/aromatic N) is 2. The van der Waals surface area contributed by atoms with Crippen molar-refractivity contribution in [3.8, 4) is 27.7 Å². The normalized spacial score (nSPS) is 13.3. The van der Waals surface area contributed by atoms with Gasteiger partial charge in [-0.2, -0.15) is 0 Å². The van der Waals surface area contributed by atoms with Crippen LogP contribution in [-0.4, -0.2) is 57.7 Å². The summed E-state index contributed by atoms with van der Waals surface area (Å²) < 4.78 is 16.7. The first-order chi connectivity index (χ1) is 17.0. The number of piperidine rings is 1. The van der Waals surface area contributed by atoms with Crippen LogP contribution in [0.25, 0.3) is 10.4 Å². The number of likely N-dealkylation sites (tertiary alicyclic amines) is 1. The lowest BCUT2D eigenvalue weighted by Gasteiger charge is -2.26. The smallest absolute Gasteiger partial charge is 0.271 e. The van der Waals surface area contributed by atoms with E-state index >= 15 is 0 Å². The van der Waals surface area contributed by atoms with Crippen LogP contribution in [0, 0.1) is 0 Å². The highest BCUT2D eigenvalue weighted by atomic mass is 32.1. The number of anilines is 1. The number of amides is 2. The summed E-state index contributed by atoms with van der Waals surface area (Å²) in [6, 6.07) is 17.0. The molecule has 1 aliphatic heterocycles. The summed E-state index contributed by atoms with van der Waals surface area (Å²) in [5.41, 5.74) is 1.63. The van der Waals surface area contributed by atoms with Gasteiger partial charge in [0.05, 0.1) is 14.2 Å². The van der Waals surface area contributed by atoms with Crippen molar-refractivity contribution in [3.63, 3.8) is 0 Å².